The number of methoxy groups -OCH3 is 2. The molecule has 0 fully saturated rings. The highest BCUT2D eigenvalue weighted by Crippen LogP contribution is 2.38. The second kappa shape index (κ2) is 39.9. The summed E-state index contributed by atoms with van der Waals surface area (Å²) >= 11 is 0. The fourth-order valence-electron chi connectivity index (χ4n) is 10.8. The second-order valence-electron chi connectivity index (χ2n) is 25.4. The van der Waals surface area contributed by atoms with E-state index in [2.05, 4.69) is 55.7 Å². The Morgan fingerprint density at radius 2 is 0.932 bits per heavy atom. The van der Waals surface area contributed by atoms with Crippen LogP contribution in [0.25, 0.3) is 0 Å². The molecule has 1 unspecified atom stereocenters. The van der Waals surface area contributed by atoms with Gasteiger partial charge in [0.2, 0.25) is 29.5 Å². The van der Waals surface area contributed by atoms with Gasteiger partial charge in [0.25, 0.3) is 11.8 Å². The molecule has 0 spiro atoms. The lowest BCUT2D eigenvalue weighted by atomic mass is 10.0. The van der Waals surface area contributed by atoms with E-state index in [1.807, 2.05) is 13.8 Å². The summed E-state index contributed by atoms with van der Waals surface area (Å²) in [7, 11) is 2.80. The largest absolute Gasteiger partial charge is 0.493 e. The first-order chi connectivity index (χ1) is 49.2. The number of aliphatic hydroxyl groups is 2. The number of hydrogen-bond donors (Lipinski definition) is 10. The summed E-state index contributed by atoms with van der Waals surface area (Å²) in [5.74, 6) is -3.41. The lowest BCUT2D eigenvalue weighted by Crippen LogP contribution is -2.53. The summed E-state index contributed by atoms with van der Waals surface area (Å²) in [6.07, 6.45) is 6.60. The first-order valence-corrected chi connectivity index (χ1v) is 33.8. The number of anilines is 4. The average Bonchev–Trinajstić information content (AvgIpc) is 1.79. The highest BCUT2D eigenvalue weighted by molar-refractivity contribution is 6.06. The number of ether oxygens (including phenoxy) is 7. The zero-order valence-electron chi connectivity index (χ0n) is 59.9. The highest BCUT2D eigenvalue weighted by Gasteiger charge is 2.34. The average molecular weight is 1430 g/mol. The monoisotopic (exact) mass is 1430 g/mol. The van der Waals surface area contributed by atoms with Crippen molar-refractivity contribution >= 4 is 82.4 Å². The van der Waals surface area contributed by atoms with Crippen molar-refractivity contribution in [1.82, 2.24) is 31.1 Å². The van der Waals surface area contributed by atoms with E-state index >= 15 is 0 Å². The molecule has 6 rings (SSSR count). The lowest BCUT2D eigenvalue weighted by molar-refractivity contribution is -0.131. The Bertz CT molecular complexity index is 3510. The Labute approximate surface area is 599 Å². The number of amides is 10. The molecule has 2 aliphatic heterocycles. The van der Waals surface area contributed by atoms with Crippen molar-refractivity contribution in [2.45, 2.75) is 150 Å². The van der Waals surface area contributed by atoms with Crippen molar-refractivity contribution < 1.29 is 91.3 Å². The van der Waals surface area contributed by atoms with Crippen LogP contribution in [-0.2, 0) is 51.4 Å². The molecule has 4 aromatic carbocycles. The smallest absolute Gasteiger partial charge is 0.411 e. The topological polar surface area (TPSA) is 378 Å². The van der Waals surface area contributed by atoms with Crippen LogP contribution in [0.1, 0.15) is 132 Å². The molecule has 2 aliphatic rings. The van der Waals surface area contributed by atoms with Gasteiger partial charge in [-0.05, 0) is 126 Å². The molecular formula is C74H96N10O19. The van der Waals surface area contributed by atoms with Crippen LogP contribution in [0.4, 0.5) is 37.1 Å². The number of hydrogen-bond acceptors (Lipinski definition) is 19. The van der Waals surface area contributed by atoms with Gasteiger partial charge in [0.05, 0.1) is 75.2 Å². The van der Waals surface area contributed by atoms with E-state index in [-0.39, 0.29) is 116 Å². The molecule has 556 valence electrons. The van der Waals surface area contributed by atoms with Crippen molar-refractivity contribution in [2.75, 3.05) is 68.5 Å². The molecular weight excluding hydrogens is 1330 g/mol. The number of carbonyl (C=O) groups is 10. The molecule has 29 nitrogen and oxygen atoms in total. The molecule has 103 heavy (non-hydrogen) atoms. The SMILES string of the molecule is C=CCCC(=O)N[C@H](C(=O)N[C@@H](C)C(=O)Nc1ccc(COC(=O)Nc2cc(OCCCCCOc3cc(NC(=O)OCc4ccc(NC(=O)[C@H](C)NC(=O)[C@@H](NC(=O)OCC=C)C(C)C)cc4)c(C(=O)N4C=C(C)CC4CO)cc3OC)c(OC)cc2C(=O)N2C=C(C)C[C@H]2CO)cc1)C(C)C. The molecule has 6 atom stereocenters. The molecule has 4 aromatic rings. The van der Waals surface area contributed by atoms with Gasteiger partial charge in [-0.15, -0.1) is 6.58 Å². The maximum atomic E-state index is 14.3. The number of alkyl carbamates (subject to hydrolysis) is 1. The Morgan fingerprint density at radius 3 is 1.31 bits per heavy atom. The van der Waals surface area contributed by atoms with Gasteiger partial charge in [-0.25, -0.2) is 14.4 Å². The number of rotatable bonds is 37. The third-order valence-electron chi connectivity index (χ3n) is 16.4. The Morgan fingerprint density at radius 1 is 0.515 bits per heavy atom. The van der Waals surface area contributed by atoms with Gasteiger partial charge in [0.15, 0.2) is 23.0 Å². The van der Waals surface area contributed by atoms with E-state index in [9.17, 15) is 58.2 Å². The first-order valence-electron chi connectivity index (χ1n) is 33.8. The van der Waals surface area contributed by atoms with Crippen molar-refractivity contribution in [3.63, 3.8) is 0 Å². The normalized spacial score (nSPS) is 15.0. The maximum Gasteiger partial charge on any atom is 0.411 e. The summed E-state index contributed by atoms with van der Waals surface area (Å²) in [5, 5.41) is 41.7. The number of nitrogens with zero attached hydrogens (tertiary/aromatic N) is 2. The Hall–Kier alpha value is -10.9. The minimum atomic E-state index is -1.00. The van der Waals surface area contributed by atoms with Crippen LogP contribution in [0.5, 0.6) is 23.0 Å². The van der Waals surface area contributed by atoms with Crippen LogP contribution in [0.2, 0.25) is 0 Å². The van der Waals surface area contributed by atoms with E-state index in [1.165, 1.54) is 68.2 Å². The molecule has 29 heteroatoms. The lowest BCUT2D eigenvalue weighted by Gasteiger charge is -2.24. The fraction of sp³-hybridized carbons (Fsp3) is 0.432. The molecule has 10 N–H and O–H groups in total. The van der Waals surface area contributed by atoms with Crippen LogP contribution < -0.4 is 61.5 Å². The quantitative estimate of drug-likeness (QED) is 0.0114. The zero-order chi connectivity index (χ0) is 75.4. The first kappa shape index (κ1) is 81.0. The minimum absolute atomic E-state index is 0.0146. The van der Waals surface area contributed by atoms with Crippen LogP contribution in [0.15, 0.2) is 122 Å². The van der Waals surface area contributed by atoms with Crippen molar-refractivity contribution in [3.05, 3.63) is 144 Å². The fourth-order valence-corrected chi connectivity index (χ4v) is 10.8. The van der Waals surface area contributed by atoms with E-state index in [4.69, 9.17) is 33.2 Å². The number of allylic oxidation sites excluding steroid dienone is 1. The van der Waals surface area contributed by atoms with Crippen molar-refractivity contribution in [1.29, 1.82) is 0 Å². The molecule has 0 aliphatic carbocycles. The van der Waals surface area contributed by atoms with Crippen LogP contribution >= 0.6 is 0 Å². The number of carbonyl (C=O) groups excluding carboxylic acids is 10. The third kappa shape index (κ3) is 24.1. The predicted octanol–water partition coefficient (Wildman–Crippen LogP) is 8.98. The van der Waals surface area contributed by atoms with Crippen molar-refractivity contribution in [2.24, 2.45) is 11.8 Å². The van der Waals surface area contributed by atoms with Gasteiger partial charge in [-0.1, -0.05) is 81.8 Å². The summed E-state index contributed by atoms with van der Waals surface area (Å²) in [6, 6.07) is 13.6. The Balaban J connectivity index is 1.06. The molecule has 0 aromatic heterocycles. The standard InChI is InChI=1S/C74H96N10O19/c1-13-15-19-63(87)81-64(43(3)4)68(90)75-47(9)66(88)77-51-24-20-49(21-25-51)41-102-72(94)79-57-35-61(59(97-11)33-55(57)70(92)83-37-45(7)31-53(83)39-85)99-29-17-16-18-30-100-62-36-58(56(34-60(62)98-12)71(93)84-38-46(8)32-54(84)40-86)80-73(95)103-42-50-22-26-52(27-23-50)78-67(89)48(10)76-69(91)65(44(5)6)82-74(96)101-28-14-2/h13-14,20-27,33-38,43-44,47-48,53-54,64-65,85-86H,1-2,15-19,28-32,39-42H2,3-12H3,(H,75,90)(H,76,91)(H,77,88)(H,78,89)(H,79,94)(H,80,95)(H,81,87)(H,82,96)/t47-,48-,53-,54?,64-,65-/m0/s1. The van der Waals surface area contributed by atoms with E-state index in [1.54, 1.807) is 94.7 Å². The van der Waals surface area contributed by atoms with Gasteiger partial charge >= 0.3 is 18.3 Å². The maximum absolute atomic E-state index is 14.3. The van der Waals surface area contributed by atoms with Crippen LogP contribution in [-0.4, -0.2) is 163 Å². The summed E-state index contributed by atoms with van der Waals surface area (Å²) < 4.78 is 39.9. The van der Waals surface area contributed by atoms with Crippen molar-refractivity contribution in [3.8, 4) is 23.0 Å². The van der Waals surface area contributed by atoms with Crippen LogP contribution in [0, 0.1) is 11.8 Å². The van der Waals surface area contributed by atoms with Gasteiger partial charge in [-0.2, -0.15) is 0 Å². The number of nitrogens with one attached hydrogen (secondary N) is 8. The predicted molar refractivity (Wildman–Crippen MR) is 384 cm³/mol. The van der Waals surface area contributed by atoms with Gasteiger partial charge < -0.3 is 85.1 Å². The van der Waals surface area contributed by atoms with Gasteiger partial charge in [0, 0.05) is 42.3 Å². The Kier molecular flexibility index (Phi) is 31.4. The molecule has 0 saturated heterocycles. The van der Waals surface area contributed by atoms with Gasteiger partial charge in [-0.3, -0.25) is 44.2 Å². The zero-order valence-corrected chi connectivity index (χ0v) is 59.9. The second-order valence-corrected chi connectivity index (χ2v) is 25.4. The molecule has 0 bridgehead atoms. The summed E-state index contributed by atoms with van der Waals surface area (Å²) in [6.45, 7) is 19.9. The summed E-state index contributed by atoms with van der Waals surface area (Å²) in [5.41, 5.74) is 3.63. The molecule has 10 amide bonds. The van der Waals surface area contributed by atoms with E-state index in [0.717, 1.165) is 11.1 Å². The minimum Gasteiger partial charge on any atom is -0.493 e. The van der Waals surface area contributed by atoms with Crippen LogP contribution in [0.3, 0.4) is 0 Å². The van der Waals surface area contributed by atoms with Gasteiger partial charge in [0.1, 0.15) is 44.0 Å². The molecule has 0 radical (unpaired) electrons. The highest BCUT2D eigenvalue weighted by atomic mass is 16.6. The summed E-state index contributed by atoms with van der Waals surface area (Å²) in [4.78, 5) is 135. The molecule has 0 saturated carbocycles. The number of aliphatic hydroxyl groups excluding tert-OH is 2. The van der Waals surface area contributed by atoms with E-state index < -0.39 is 90.0 Å². The third-order valence-corrected chi connectivity index (χ3v) is 16.4. The molecule has 2 heterocycles. The number of benzene rings is 4. The number of unbranched alkanes of at least 4 members (excludes halogenated alkanes) is 2. The van der Waals surface area contributed by atoms with E-state index in [0.29, 0.717) is 61.0 Å².